The summed E-state index contributed by atoms with van der Waals surface area (Å²) >= 11 is 0. The van der Waals surface area contributed by atoms with Gasteiger partial charge in [-0.1, -0.05) is 41.6 Å². The van der Waals surface area contributed by atoms with Crippen LogP contribution in [0.3, 0.4) is 0 Å². The number of hydrogen-bond acceptors (Lipinski definition) is 5. The van der Waals surface area contributed by atoms with Crippen molar-refractivity contribution in [3.63, 3.8) is 0 Å². The molecule has 0 spiro atoms. The maximum absolute atomic E-state index is 13.7. The lowest BCUT2D eigenvalue weighted by Crippen LogP contribution is -2.49. The summed E-state index contributed by atoms with van der Waals surface area (Å²) in [6.07, 6.45) is 1.46. The minimum atomic E-state index is -0.274. The summed E-state index contributed by atoms with van der Waals surface area (Å²) in [5.74, 6) is 0.413. The molecule has 1 N–H and O–H groups in total. The first kappa shape index (κ1) is 25.7. The molecule has 1 unspecified atom stereocenters. The fourth-order valence-corrected chi connectivity index (χ4v) is 5.09. The van der Waals surface area contributed by atoms with Crippen LogP contribution in [0.2, 0.25) is 0 Å². The van der Waals surface area contributed by atoms with E-state index < -0.39 is 0 Å². The van der Waals surface area contributed by atoms with Crippen LogP contribution in [0.4, 0.5) is 8.78 Å². The molecular formula is C30H30F2N4O2. The molecule has 1 aliphatic heterocycles. The molecule has 0 bridgehead atoms. The Morgan fingerprint density at radius 2 is 1.58 bits per heavy atom. The minimum Gasteiger partial charge on any atom is -0.339 e. The van der Waals surface area contributed by atoms with Gasteiger partial charge >= 0.3 is 0 Å². The van der Waals surface area contributed by atoms with E-state index in [1.54, 1.807) is 31.2 Å². The Balaban J connectivity index is 1.29. The summed E-state index contributed by atoms with van der Waals surface area (Å²) in [6, 6.07) is 20.4. The van der Waals surface area contributed by atoms with E-state index in [2.05, 4.69) is 15.5 Å². The molecule has 0 saturated carbocycles. The van der Waals surface area contributed by atoms with Crippen LogP contribution in [0, 0.1) is 18.6 Å². The largest absolute Gasteiger partial charge is 0.339 e. The number of aromatic nitrogens is 2. The molecule has 1 aromatic heterocycles. The van der Waals surface area contributed by atoms with Crippen molar-refractivity contribution in [2.45, 2.75) is 38.1 Å². The van der Waals surface area contributed by atoms with Crippen LogP contribution in [-0.4, -0.2) is 40.6 Å². The molecule has 8 heteroatoms. The average Bonchev–Trinajstić information content (AvgIpc) is 3.38. The molecule has 4 aromatic rings. The second-order valence-corrected chi connectivity index (χ2v) is 9.95. The van der Waals surface area contributed by atoms with Crippen molar-refractivity contribution in [2.24, 2.45) is 0 Å². The van der Waals surface area contributed by atoms with Crippen molar-refractivity contribution in [1.82, 2.24) is 20.4 Å². The smallest absolute Gasteiger partial charge is 0.253 e. The summed E-state index contributed by atoms with van der Waals surface area (Å²) in [5, 5.41) is 7.53. The van der Waals surface area contributed by atoms with Gasteiger partial charge in [-0.25, -0.2) is 8.78 Å². The molecule has 1 fully saturated rings. The predicted octanol–water partition coefficient (Wildman–Crippen LogP) is 5.85. The molecule has 6 nitrogen and oxygen atoms in total. The van der Waals surface area contributed by atoms with Crippen molar-refractivity contribution >= 4 is 5.91 Å². The molecule has 0 aliphatic carbocycles. The molecular weight excluding hydrogens is 486 g/mol. The van der Waals surface area contributed by atoms with Crippen LogP contribution >= 0.6 is 0 Å². The number of piperidine rings is 1. The number of carbonyl (C=O) groups excluding carboxylic acids is 1. The zero-order valence-electron chi connectivity index (χ0n) is 21.5. The first-order chi connectivity index (χ1) is 18.3. The van der Waals surface area contributed by atoms with Gasteiger partial charge in [-0.2, -0.15) is 4.98 Å². The predicted molar refractivity (Wildman–Crippen MR) is 141 cm³/mol. The standard InChI is InChI=1S/C30H30F2N4O2/c1-20(22-7-11-26(31)12-8-22)33-19-30(25-9-13-27(32)14-10-25)15-17-36(18-16-30)29(37)24-5-3-23(4-6-24)28-34-21(2)38-35-28/h3-14,20,33H,15-19H2,1-2H3. The third kappa shape index (κ3) is 5.50. The number of halogens is 2. The fourth-order valence-electron chi connectivity index (χ4n) is 5.09. The van der Waals surface area contributed by atoms with Crippen molar-refractivity contribution in [3.05, 3.63) is 107 Å². The number of amides is 1. The third-order valence-electron chi connectivity index (χ3n) is 7.50. The van der Waals surface area contributed by atoms with E-state index in [-0.39, 0.29) is 29.0 Å². The summed E-state index contributed by atoms with van der Waals surface area (Å²) in [7, 11) is 0. The Morgan fingerprint density at radius 3 is 2.16 bits per heavy atom. The van der Waals surface area contributed by atoms with Crippen molar-refractivity contribution in [1.29, 1.82) is 0 Å². The van der Waals surface area contributed by atoms with E-state index in [0.29, 0.717) is 36.9 Å². The molecule has 1 saturated heterocycles. The Bertz CT molecular complexity index is 1380. The van der Waals surface area contributed by atoms with Gasteiger partial charge in [-0.3, -0.25) is 4.79 Å². The van der Waals surface area contributed by atoms with Crippen LogP contribution in [0.1, 0.15) is 53.2 Å². The van der Waals surface area contributed by atoms with Crippen LogP contribution in [0.15, 0.2) is 77.3 Å². The lowest BCUT2D eigenvalue weighted by Gasteiger charge is -2.43. The van der Waals surface area contributed by atoms with Crippen molar-refractivity contribution < 1.29 is 18.1 Å². The van der Waals surface area contributed by atoms with Gasteiger partial charge in [-0.15, -0.1) is 0 Å². The molecule has 5 rings (SSSR count). The highest BCUT2D eigenvalue weighted by atomic mass is 19.1. The summed E-state index contributed by atoms with van der Waals surface area (Å²) in [5.41, 5.74) is 3.16. The normalized spacial score (nSPS) is 15.8. The molecule has 196 valence electrons. The molecule has 1 atom stereocenters. The van der Waals surface area contributed by atoms with E-state index in [1.807, 2.05) is 36.1 Å². The second-order valence-electron chi connectivity index (χ2n) is 9.95. The highest BCUT2D eigenvalue weighted by molar-refractivity contribution is 5.94. The number of likely N-dealkylation sites (tertiary alicyclic amines) is 1. The van der Waals surface area contributed by atoms with E-state index in [0.717, 1.165) is 29.5 Å². The van der Waals surface area contributed by atoms with Crippen LogP contribution in [0.5, 0.6) is 0 Å². The monoisotopic (exact) mass is 516 g/mol. The Hall–Kier alpha value is -3.91. The topological polar surface area (TPSA) is 71.3 Å². The van der Waals surface area contributed by atoms with E-state index in [1.165, 1.54) is 24.3 Å². The zero-order chi connectivity index (χ0) is 26.7. The maximum atomic E-state index is 13.7. The molecule has 38 heavy (non-hydrogen) atoms. The van der Waals surface area contributed by atoms with Crippen molar-refractivity contribution in [2.75, 3.05) is 19.6 Å². The highest BCUT2D eigenvalue weighted by Crippen LogP contribution is 2.36. The fraction of sp³-hybridized carbons (Fsp3) is 0.300. The van der Waals surface area contributed by atoms with E-state index in [9.17, 15) is 13.6 Å². The van der Waals surface area contributed by atoms with Crippen molar-refractivity contribution in [3.8, 4) is 11.4 Å². The minimum absolute atomic E-state index is 0.00842. The van der Waals surface area contributed by atoms with E-state index in [4.69, 9.17) is 4.52 Å². The van der Waals surface area contributed by atoms with Gasteiger partial charge in [0.25, 0.3) is 5.91 Å². The van der Waals surface area contributed by atoms with Crippen LogP contribution in [-0.2, 0) is 5.41 Å². The number of nitrogens with one attached hydrogen (secondary N) is 1. The number of carbonyl (C=O) groups is 1. The lowest BCUT2D eigenvalue weighted by atomic mass is 9.72. The Labute approximate surface area is 220 Å². The highest BCUT2D eigenvalue weighted by Gasteiger charge is 2.38. The molecule has 1 aliphatic rings. The Kier molecular flexibility index (Phi) is 7.33. The Morgan fingerprint density at radius 1 is 0.974 bits per heavy atom. The lowest BCUT2D eigenvalue weighted by molar-refractivity contribution is 0.0662. The van der Waals surface area contributed by atoms with Gasteiger partial charge in [0.05, 0.1) is 0 Å². The summed E-state index contributed by atoms with van der Waals surface area (Å²) < 4.78 is 32.1. The average molecular weight is 517 g/mol. The quantitative estimate of drug-likeness (QED) is 0.334. The number of hydrogen-bond donors (Lipinski definition) is 1. The molecule has 2 heterocycles. The van der Waals surface area contributed by atoms with Crippen LogP contribution in [0.25, 0.3) is 11.4 Å². The third-order valence-corrected chi connectivity index (χ3v) is 7.50. The van der Waals surface area contributed by atoms with Gasteiger partial charge in [0.1, 0.15) is 11.6 Å². The molecule has 0 radical (unpaired) electrons. The van der Waals surface area contributed by atoms with Gasteiger partial charge in [-0.05, 0) is 67.3 Å². The SMILES string of the molecule is Cc1nc(-c2ccc(C(=O)N3CCC(CNC(C)c4ccc(F)cc4)(c4ccc(F)cc4)CC3)cc2)no1. The van der Waals surface area contributed by atoms with Gasteiger partial charge in [0.15, 0.2) is 0 Å². The zero-order valence-corrected chi connectivity index (χ0v) is 21.5. The first-order valence-corrected chi connectivity index (χ1v) is 12.8. The van der Waals surface area contributed by atoms with Gasteiger partial charge < -0.3 is 14.7 Å². The molecule has 1 amide bonds. The number of aryl methyl sites for hydroxylation is 1. The number of benzene rings is 3. The summed E-state index contributed by atoms with van der Waals surface area (Å²) in [4.78, 5) is 19.4. The number of rotatable bonds is 7. The van der Waals surface area contributed by atoms with Gasteiger partial charge in [0.2, 0.25) is 11.7 Å². The molecule has 3 aromatic carbocycles. The van der Waals surface area contributed by atoms with Gasteiger partial charge in [0, 0.05) is 49.1 Å². The first-order valence-electron chi connectivity index (χ1n) is 12.8. The van der Waals surface area contributed by atoms with E-state index >= 15 is 0 Å². The number of nitrogens with zero attached hydrogens (tertiary/aromatic N) is 3. The summed E-state index contributed by atoms with van der Waals surface area (Å²) in [6.45, 7) is 5.58. The van der Waals surface area contributed by atoms with Crippen LogP contribution < -0.4 is 5.32 Å². The maximum Gasteiger partial charge on any atom is 0.253 e. The second kappa shape index (κ2) is 10.8.